The molecule has 0 bridgehead atoms. The minimum atomic E-state index is -0.707. The van der Waals surface area contributed by atoms with Gasteiger partial charge >= 0.3 is 21.7 Å². The van der Waals surface area contributed by atoms with E-state index in [1.54, 1.807) is 24.0 Å². The first-order chi connectivity index (χ1) is 24.2. The van der Waals surface area contributed by atoms with Crippen LogP contribution in [0.25, 0.3) is 0 Å². The average molecular weight is 731 g/mol. The van der Waals surface area contributed by atoms with Gasteiger partial charge in [0, 0.05) is 62.0 Å². The summed E-state index contributed by atoms with van der Waals surface area (Å²) in [5.41, 5.74) is 4.45. The summed E-state index contributed by atoms with van der Waals surface area (Å²) in [5.74, 6) is -2.83. The van der Waals surface area contributed by atoms with Gasteiger partial charge in [-0.3, -0.25) is 0 Å². The number of halogens is 4. The number of nitrogens with zero attached hydrogens (tertiary/aromatic N) is 2. The molecule has 0 unspecified atom stereocenters. The predicted molar refractivity (Wildman–Crippen MR) is 195 cm³/mol. The first-order valence-corrected chi connectivity index (χ1v) is 16.0. The van der Waals surface area contributed by atoms with Crippen LogP contribution in [0.5, 0.6) is 0 Å². The maximum absolute atomic E-state index is 13.9. The minimum absolute atomic E-state index is 0. The second-order valence-corrected chi connectivity index (χ2v) is 10.9. The number of anilines is 4. The molecule has 0 spiro atoms. The van der Waals surface area contributed by atoms with E-state index in [0.717, 1.165) is 22.5 Å². The van der Waals surface area contributed by atoms with Gasteiger partial charge in [-0.15, -0.1) is 36.4 Å². The smallest absolute Gasteiger partial charge is 0.390 e. The van der Waals surface area contributed by atoms with Gasteiger partial charge in [-0.05, 0) is 49.5 Å². The van der Waals surface area contributed by atoms with E-state index in [1.807, 2.05) is 123 Å². The van der Waals surface area contributed by atoms with Crippen LogP contribution in [0.15, 0.2) is 133 Å². The number of benzene rings is 4. The number of hydrogen-bond acceptors (Lipinski definition) is 4. The summed E-state index contributed by atoms with van der Waals surface area (Å²) < 4.78 is 63.9. The summed E-state index contributed by atoms with van der Waals surface area (Å²) in [4.78, 5) is 3.49. The van der Waals surface area contributed by atoms with Crippen molar-refractivity contribution in [3.05, 3.63) is 180 Å². The van der Waals surface area contributed by atoms with E-state index in [-0.39, 0.29) is 33.1 Å². The first-order valence-electron chi connectivity index (χ1n) is 16.0. The Bertz CT molecular complexity index is 1580. The number of rotatable bonds is 10. The Labute approximate surface area is 314 Å². The van der Waals surface area contributed by atoms with Crippen LogP contribution in [0.1, 0.15) is 11.1 Å². The molecule has 264 valence electrons. The van der Waals surface area contributed by atoms with E-state index in [1.165, 1.54) is 24.3 Å². The maximum atomic E-state index is 13.9. The zero-order chi connectivity index (χ0) is 36.1. The Balaban J connectivity index is 0.000000273. The van der Waals surface area contributed by atoms with E-state index in [4.69, 9.17) is 9.47 Å². The van der Waals surface area contributed by atoms with E-state index in [2.05, 4.69) is 12.1 Å². The molecule has 0 aliphatic heterocycles. The van der Waals surface area contributed by atoms with Crippen LogP contribution in [0.2, 0.25) is 0 Å². The number of hydrogen-bond donors (Lipinski definition) is 0. The van der Waals surface area contributed by atoms with Crippen molar-refractivity contribution in [2.75, 3.05) is 50.3 Å². The summed E-state index contributed by atoms with van der Waals surface area (Å²) in [5, 5.41) is 0. The molecule has 6 aromatic rings. The zero-order valence-electron chi connectivity index (χ0n) is 29.3. The normalized spacial score (nSPS) is 9.88. The standard InChI is InChI=1S/2C16H16F2NO.2C5H5.Ti/c2*1-12-3-6-14(7-4-12)19(9-10-20-2)16-8-5-13(17)11-15(16)18;2*1-2-4-5-3-1;/h2*3-8H,9-10H2,1-2H3;2*1-5H;/q4*-1;+4. The third kappa shape index (κ3) is 15.1. The average Bonchev–Trinajstić information content (AvgIpc) is 3.89. The molecule has 0 saturated carbocycles. The van der Waals surface area contributed by atoms with E-state index >= 15 is 0 Å². The van der Waals surface area contributed by atoms with Gasteiger partial charge in [-0.1, -0.05) is 35.4 Å². The Hall–Kier alpha value is -4.47. The Morgan fingerprint density at radius 1 is 0.529 bits per heavy atom. The van der Waals surface area contributed by atoms with E-state index < -0.39 is 23.3 Å². The largest absolute Gasteiger partial charge is 4.00 e. The van der Waals surface area contributed by atoms with Crippen molar-refractivity contribution < 1.29 is 48.8 Å². The molecule has 0 saturated heterocycles. The first kappa shape index (κ1) is 42.7. The van der Waals surface area contributed by atoms with Crippen molar-refractivity contribution in [3.63, 3.8) is 0 Å². The molecule has 6 rings (SSSR count). The number of ether oxygens (including phenoxy) is 2. The second kappa shape index (κ2) is 23.9. The van der Waals surface area contributed by atoms with Crippen LogP contribution in [0.4, 0.5) is 40.3 Å². The minimum Gasteiger partial charge on any atom is -0.390 e. The molecule has 0 heterocycles. The van der Waals surface area contributed by atoms with Crippen LogP contribution in [-0.4, -0.2) is 40.5 Å². The second-order valence-electron chi connectivity index (χ2n) is 10.9. The van der Waals surface area contributed by atoms with Gasteiger partial charge < -0.3 is 19.3 Å². The Kier molecular flexibility index (Phi) is 20.0. The van der Waals surface area contributed by atoms with Crippen molar-refractivity contribution in [3.8, 4) is 0 Å². The molecule has 9 heteroatoms. The number of aryl methyl sites for hydroxylation is 2. The fraction of sp³-hybridized carbons (Fsp3) is 0.190. The van der Waals surface area contributed by atoms with Gasteiger partial charge in [-0.2, -0.15) is 36.4 Å². The van der Waals surface area contributed by atoms with E-state index in [9.17, 15) is 17.6 Å². The molecular weight excluding hydrogens is 688 g/mol. The van der Waals surface area contributed by atoms with Gasteiger partial charge in [0.1, 0.15) is 0 Å². The fourth-order valence-corrected chi connectivity index (χ4v) is 4.52. The third-order valence-corrected chi connectivity index (χ3v) is 7.11. The molecular formula is C42H42F4N2O2Ti. The molecule has 0 aliphatic carbocycles. The number of methoxy groups -OCH3 is 2. The van der Waals surface area contributed by atoms with Gasteiger partial charge in [-0.25, -0.2) is 41.8 Å². The van der Waals surface area contributed by atoms with Crippen LogP contribution in [0.3, 0.4) is 0 Å². The summed E-state index contributed by atoms with van der Waals surface area (Å²) in [7, 11) is 3.17. The van der Waals surface area contributed by atoms with Crippen molar-refractivity contribution in [1.29, 1.82) is 0 Å². The molecule has 0 fully saturated rings. The molecule has 0 aliphatic rings. The fourth-order valence-electron chi connectivity index (χ4n) is 4.52. The van der Waals surface area contributed by atoms with Gasteiger partial charge in [0.2, 0.25) is 0 Å². The Morgan fingerprint density at radius 3 is 1.12 bits per heavy atom. The van der Waals surface area contributed by atoms with Crippen LogP contribution in [0, 0.1) is 49.2 Å². The summed E-state index contributed by atoms with van der Waals surface area (Å²) in [6, 6.07) is 44.7. The summed E-state index contributed by atoms with van der Waals surface area (Å²) in [6.45, 7) is 5.77. The van der Waals surface area contributed by atoms with Gasteiger partial charge in [0.05, 0.1) is 13.2 Å². The molecule has 0 radical (unpaired) electrons. The maximum Gasteiger partial charge on any atom is 4.00 e. The van der Waals surface area contributed by atoms with Gasteiger partial charge in [0.15, 0.2) is 0 Å². The van der Waals surface area contributed by atoms with Crippen molar-refractivity contribution in [1.82, 2.24) is 0 Å². The van der Waals surface area contributed by atoms with Gasteiger partial charge in [0.25, 0.3) is 0 Å². The third-order valence-electron chi connectivity index (χ3n) is 7.11. The SMILES string of the molecule is COCCN(c1ccc(C)cc1)c1ccc(F)[c-]c1F.COCCN(c1ccc(C)cc1)c1ccc(F)[c-]c1F.[Ti+4].c1cc[cH-]c1.c1cc[cH-]c1. The molecule has 0 aromatic heterocycles. The summed E-state index contributed by atoms with van der Waals surface area (Å²) >= 11 is 0. The molecule has 0 atom stereocenters. The Morgan fingerprint density at radius 2 is 0.863 bits per heavy atom. The van der Waals surface area contributed by atoms with Crippen molar-refractivity contribution in [2.45, 2.75) is 13.8 Å². The monoisotopic (exact) mass is 730 g/mol. The van der Waals surface area contributed by atoms with E-state index in [0.29, 0.717) is 26.3 Å². The van der Waals surface area contributed by atoms with Crippen LogP contribution >= 0.6 is 0 Å². The molecule has 0 N–H and O–H groups in total. The van der Waals surface area contributed by atoms with Crippen LogP contribution in [-0.2, 0) is 31.2 Å². The molecule has 6 aromatic carbocycles. The zero-order valence-corrected chi connectivity index (χ0v) is 30.8. The molecule has 4 nitrogen and oxygen atoms in total. The quantitative estimate of drug-likeness (QED) is 0.0796. The predicted octanol–water partition coefficient (Wildman–Crippen LogP) is 10.5. The van der Waals surface area contributed by atoms with Crippen LogP contribution < -0.4 is 9.80 Å². The topological polar surface area (TPSA) is 24.9 Å². The molecule has 0 amide bonds. The van der Waals surface area contributed by atoms with Crippen molar-refractivity contribution >= 4 is 22.7 Å². The molecule has 51 heavy (non-hydrogen) atoms. The summed E-state index contributed by atoms with van der Waals surface area (Å²) in [6.07, 6.45) is 0. The van der Waals surface area contributed by atoms with Crippen molar-refractivity contribution in [2.24, 2.45) is 0 Å².